The summed E-state index contributed by atoms with van der Waals surface area (Å²) in [4.78, 5) is 38.8. The van der Waals surface area contributed by atoms with Crippen LogP contribution in [-0.4, -0.2) is 51.5 Å². The zero-order valence-corrected chi connectivity index (χ0v) is 24.6. The lowest BCUT2D eigenvalue weighted by Crippen LogP contribution is -2.47. The first-order chi connectivity index (χ1) is 20.5. The van der Waals surface area contributed by atoms with E-state index >= 15 is 0 Å². The van der Waals surface area contributed by atoms with E-state index in [2.05, 4.69) is 15.3 Å². The number of amides is 1. The van der Waals surface area contributed by atoms with Crippen LogP contribution in [-0.2, 0) is 12.6 Å². The molecule has 1 amide bonds. The van der Waals surface area contributed by atoms with Crippen molar-refractivity contribution in [2.75, 3.05) is 26.2 Å². The average Bonchev–Trinajstić information content (AvgIpc) is 3.47. The molecule has 1 fully saturated rings. The third kappa shape index (κ3) is 6.30. The molecule has 5 rings (SSSR count). The maximum atomic E-state index is 14.6. The van der Waals surface area contributed by atoms with E-state index in [0.29, 0.717) is 55.2 Å². The number of hydrogen-bond donors (Lipinski definition) is 1. The number of aromatic nitrogens is 3. The molecule has 0 atom stereocenters. The van der Waals surface area contributed by atoms with Gasteiger partial charge in [-0.05, 0) is 44.5 Å². The number of carbonyl (C=O) groups is 1. The number of pyridine rings is 2. The Morgan fingerprint density at radius 1 is 1.12 bits per heavy atom. The molecule has 224 valence electrons. The van der Waals surface area contributed by atoms with Crippen LogP contribution < -0.4 is 10.9 Å². The number of nitrogens with one attached hydrogen (secondary N) is 1. The molecule has 3 aromatic heterocycles. The smallest absolute Gasteiger partial charge is 0.336 e. The molecule has 0 aliphatic carbocycles. The van der Waals surface area contributed by atoms with Crippen LogP contribution in [0.15, 0.2) is 58.3 Å². The number of halogens is 4. The Morgan fingerprint density at radius 3 is 2.44 bits per heavy atom. The highest BCUT2D eigenvalue weighted by atomic mass is 32.1. The summed E-state index contributed by atoms with van der Waals surface area (Å²) in [6.07, 6.45) is -1.26. The summed E-state index contributed by atoms with van der Waals surface area (Å²) < 4.78 is 55.2. The van der Waals surface area contributed by atoms with Crippen LogP contribution in [0.3, 0.4) is 0 Å². The van der Waals surface area contributed by atoms with Crippen molar-refractivity contribution in [1.82, 2.24) is 24.8 Å². The van der Waals surface area contributed by atoms with Crippen molar-refractivity contribution in [2.45, 2.75) is 33.4 Å². The maximum Gasteiger partial charge on any atom is 0.416 e. The monoisotopic (exact) mass is 611 g/mol. The van der Waals surface area contributed by atoms with E-state index in [0.717, 1.165) is 35.2 Å². The van der Waals surface area contributed by atoms with E-state index in [-0.39, 0.29) is 27.7 Å². The lowest BCUT2D eigenvalue weighted by molar-refractivity contribution is -0.137. The Labute approximate surface area is 249 Å². The van der Waals surface area contributed by atoms with Crippen molar-refractivity contribution in [3.05, 3.63) is 92.2 Å². The molecule has 43 heavy (non-hydrogen) atoms. The van der Waals surface area contributed by atoms with Crippen molar-refractivity contribution in [1.29, 1.82) is 0 Å². The molecule has 0 saturated carbocycles. The highest BCUT2D eigenvalue weighted by molar-refractivity contribution is 7.13. The summed E-state index contributed by atoms with van der Waals surface area (Å²) in [5.41, 5.74) is 1.67. The van der Waals surface area contributed by atoms with Crippen LogP contribution in [0.25, 0.3) is 33.6 Å². The van der Waals surface area contributed by atoms with Crippen molar-refractivity contribution < 1.29 is 22.4 Å². The number of aryl methyl sites for hydroxylation is 1. The first-order valence-corrected chi connectivity index (χ1v) is 14.6. The number of benzene rings is 1. The Bertz CT molecular complexity index is 1750. The Kier molecular flexibility index (Phi) is 8.61. The number of piperazine rings is 1. The maximum absolute atomic E-state index is 14.6. The van der Waals surface area contributed by atoms with Gasteiger partial charge in [-0.3, -0.25) is 19.1 Å². The Morgan fingerprint density at radius 2 is 1.81 bits per heavy atom. The fourth-order valence-electron chi connectivity index (χ4n) is 4.93. The number of thiazole rings is 1. The van der Waals surface area contributed by atoms with Gasteiger partial charge in [0.15, 0.2) is 0 Å². The molecule has 7 nitrogen and oxygen atoms in total. The zero-order chi connectivity index (χ0) is 30.9. The van der Waals surface area contributed by atoms with Gasteiger partial charge in [0.2, 0.25) is 0 Å². The van der Waals surface area contributed by atoms with Crippen LogP contribution in [0.1, 0.15) is 48.1 Å². The van der Waals surface area contributed by atoms with E-state index in [9.17, 15) is 27.2 Å². The number of carbonyl (C=O) groups excluding carboxylic acids is 1. The minimum atomic E-state index is -4.47. The third-order valence-electron chi connectivity index (χ3n) is 7.03. The van der Waals surface area contributed by atoms with Crippen molar-refractivity contribution >= 4 is 23.3 Å². The normalized spacial score (nSPS) is 13.7. The van der Waals surface area contributed by atoms with Gasteiger partial charge in [0, 0.05) is 43.2 Å². The predicted octanol–water partition coefficient (Wildman–Crippen LogP) is 6.21. The first-order valence-electron chi connectivity index (χ1n) is 13.7. The SMILES string of the molecule is CCc1ncc(F)cc1-n1c(C=C(C)C)c(C(=O)N2CCNCC2)cc(-c2nc(-c3ccc(C(F)(F)F)cc3)cs2)c1=O. The van der Waals surface area contributed by atoms with E-state index < -0.39 is 23.1 Å². The first kappa shape index (κ1) is 30.3. The molecule has 1 saturated heterocycles. The second-order valence-corrected chi connectivity index (χ2v) is 11.2. The van der Waals surface area contributed by atoms with Gasteiger partial charge in [0.05, 0.1) is 45.7 Å². The molecule has 12 heteroatoms. The fourth-order valence-corrected chi connectivity index (χ4v) is 5.77. The van der Waals surface area contributed by atoms with Gasteiger partial charge in [-0.15, -0.1) is 11.3 Å². The van der Waals surface area contributed by atoms with E-state index in [4.69, 9.17) is 0 Å². The van der Waals surface area contributed by atoms with Crippen molar-refractivity contribution in [3.8, 4) is 27.5 Å². The Hall–Kier alpha value is -4.16. The van der Waals surface area contributed by atoms with Gasteiger partial charge in [0.25, 0.3) is 11.5 Å². The van der Waals surface area contributed by atoms with E-state index in [1.807, 2.05) is 20.8 Å². The standard InChI is InChI=1S/C31H29F4N5O2S/c1-4-24-27(14-21(32)16-37-24)40-26(13-18(2)3)22(29(41)39-11-9-36-10-12-39)15-23(30(40)42)28-38-25(17-43-28)19-5-7-20(8-6-19)31(33,34)35/h5-8,13-17,36H,4,9-12H2,1-3H3. The topological polar surface area (TPSA) is 80.1 Å². The van der Waals surface area contributed by atoms with Gasteiger partial charge < -0.3 is 10.2 Å². The number of allylic oxidation sites excluding steroid dienone is 1. The second kappa shape index (κ2) is 12.2. The molecule has 0 spiro atoms. The number of hydrogen-bond acceptors (Lipinski definition) is 6. The summed E-state index contributed by atoms with van der Waals surface area (Å²) in [6.45, 7) is 7.69. The van der Waals surface area contributed by atoms with Gasteiger partial charge in [-0.1, -0.05) is 24.6 Å². The van der Waals surface area contributed by atoms with Gasteiger partial charge >= 0.3 is 6.18 Å². The van der Waals surface area contributed by atoms with Crippen LogP contribution in [0.5, 0.6) is 0 Å². The van der Waals surface area contributed by atoms with Crippen molar-refractivity contribution in [3.63, 3.8) is 0 Å². The molecular weight excluding hydrogens is 582 g/mol. The largest absolute Gasteiger partial charge is 0.416 e. The quantitative estimate of drug-likeness (QED) is 0.262. The number of alkyl halides is 3. The molecule has 1 aromatic carbocycles. The third-order valence-corrected chi connectivity index (χ3v) is 7.91. The second-order valence-electron chi connectivity index (χ2n) is 10.3. The van der Waals surface area contributed by atoms with E-state index in [1.54, 1.807) is 16.4 Å². The van der Waals surface area contributed by atoms with Crippen LogP contribution in [0.4, 0.5) is 17.6 Å². The minimum Gasteiger partial charge on any atom is -0.336 e. The molecule has 1 N–H and O–H groups in total. The van der Waals surface area contributed by atoms with Crippen molar-refractivity contribution in [2.24, 2.45) is 0 Å². The summed E-state index contributed by atoms with van der Waals surface area (Å²) in [6, 6.07) is 7.35. The average molecular weight is 612 g/mol. The van der Waals surface area contributed by atoms with E-state index in [1.165, 1.54) is 28.8 Å². The molecule has 1 aliphatic heterocycles. The summed E-state index contributed by atoms with van der Waals surface area (Å²) in [5, 5.41) is 5.14. The lowest BCUT2D eigenvalue weighted by atomic mass is 10.0. The lowest BCUT2D eigenvalue weighted by Gasteiger charge is -2.29. The molecule has 0 radical (unpaired) electrons. The molecule has 1 aliphatic rings. The molecule has 0 unspecified atom stereocenters. The fraction of sp³-hybridized carbons (Fsp3) is 0.290. The number of rotatable bonds is 6. The highest BCUT2D eigenvalue weighted by Crippen LogP contribution is 2.33. The number of nitrogens with zero attached hydrogens (tertiary/aromatic N) is 4. The molecule has 0 bridgehead atoms. The summed E-state index contributed by atoms with van der Waals surface area (Å²) >= 11 is 1.13. The molecular formula is C31H29F4N5O2S. The molecule has 4 aromatic rings. The minimum absolute atomic E-state index is 0.110. The predicted molar refractivity (Wildman–Crippen MR) is 159 cm³/mol. The van der Waals surface area contributed by atoms with Gasteiger partial charge in [-0.2, -0.15) is 13.2 Å². The van der Waals surface area contributed by atoms with Crippen LogP contribution >= 0.6 is 11.3 Å². The van der Waals surface area contributed by atoms with Crippen LogP contribution in [0, 0.1) is 5.82 Å². The molecule has 4 heterocycles. The highest BCUT2D eigenvalue weighted by Gasteiger charge is 2.30. The summed E-state index contributed by atoms with van der Waals surface area (Å²) in [5.74, 6) is -0.924. The Balaban J connectivity index is 1.74. The van der Waals surface area contributed by atoms with Gasteiger partial charge in [-0.25, -0.2) is 9.37 Å². The van der Waals surface area contributed by atoms with Crippen LogP contribution in [0.2, 0.25) is 0 Å². The zero-order valence-electron chi connectivity index (χ0n) is 23.8. The van der Waals surface area contributed by atoms with Gasteiger partial charge in [0.1, 0.15) is 10.8 Å². The summed E-state index contributed by atoms with van der Waals surface area (Å²) in [7, 11) is 0.